The first-order valence-electron chi connectivity index (χ1n) is 4.45. The van der Waals surface area contributed by atoms with Crippen molar-refractivity contribution in [2.24, 2.45) is 0 Å². The Bertz CT molecular complexity index is 419. The van der Waals surface area contributed by atoms with Crippen LogP contribution in [-0.2, 0) is 4.57 Å². The first-order chi connectivity index (χ1) is 7.72. The second-order valence-corrected chi connectivity index (χ2v) is 8.03. The van der Waals surface area contributed by atoms with Gasteiger partial charge in [0.15, 0.2) is 0 Å². The Morgan fingerprint density at radius 1 is 1.44 bits per heavy atom. The zero-order valence-corrected chi connectivity index (χ0v) is 15.0. The van der Waals surface area contributed by atoms with Crippen molar-refractivity contribution in [1.29, 1.82) is 0 Å². The molecule has 0 bridgehead atoms. The molecule has 18 heavy (non-hydrogen) atoms. The number of hydrogen-bond donors (Lipinski definition) is 3. The second-order valence-electron chi connectivity index (χ2n) is 2.95. The minimum absolute atomic E-state index is 0. The Hall–Kier alpha value is 0.380. The van der Waals surface area contributed by atoms with Crippen LogP contribution >= 0.6 is 30.3 Å². The molecule has 0 saturated carbocycles. The van der Waals surface area contributed by atoms with Crippen LogP contribution in [0.4, 0.5) is 4.79 Å². The van der Waals surface area contributed by atoms with Gasteiger partial charge in [0, 0.05) is 7.05 Å². The van der Waals surface area contributed by atoms with Crippen LogP contribution in [0.2, 0.25) is 0 Å². The maximum atomic E-state index is 10.8. The third kappa shape index (κ3) is 14.4. The van der Waals surface area contributed by atoms with Crippen LogP contribution in [0.5, 0.6) is 5.75 Å². The van der Waals surface area contributed by atoms with Crippen molar-refractivity contribution in [3.8, 4) is 5.75 Å². The third-order valence-electron chi connectivity index (χ3n) is 1.40. The van der Waals surface area contributed by atoms with E-state index in [9.17, 15) is 14.3 Å². The molecule has 0 atom stereocenters. The predicted molar refractivity (Wildman–Crippen MR) is 71.8 cm³/mol. The number of carbonyl (C=O) groups excluding carboxylic acids is 1. The molecule has 0 aliphatic heterocycles. The molecule has 1 aromatic carbocycles. The van der Waals surface area contributed by atoms with Crippen LogP contribution < -0.4 is 44.5 Å². The topological polar surface area (TPSA) is 78.5 Å². The SMILES string of the molecule is CNC(=O)Oc1cccc(C)c1.O=P([O-])(S)S.[Na+]. The Kier molecular flexibility index (Phi) is 11.7. The number of ether oxygens (including phenoxy) is 1. The Balaban J connectivity index is 0. The van der Waals surface area contributed by atoms with Gasteiger partial charge in [-0.25, -0.2) is 4.79 Å². The van der Waals surface area contributed by atoms with Gasteiger partial charge in [0.25, 0.3) is 0 Å². The minimum atomic E-state index is -3.50. The van der Waals surface area contributed by atoms with Crippen LogP contribution in [0.15, 0.2) is 24.3 Å². The molecule has 1 amide bonds. The third-order valence-corrected chi connectivity index (χ3v) is 1.40. The number of carbonyl (C=O) groups is 1. The fraction of sp³-hybridized carbons (Fsp3) is 0.222. The molecule has 0 unspecified atom stereocenters. The van der Waals surface area contributed by atoms with Gasteiger partial charge in [-0.2, -0.15) is 0 Å². The fourth-order valence-corrected chi connectivity index (χ4v) is 0.837. The van der Waals surface area contributed by atoms with E-state index in [2.05, 4.69) is 29.8 Å². The smallest absolute Gasteiger partial charge is 0.784 e. The van der Waals surface area contributed by atoms with Gasteiger partial charge in [-0.15, -0.1) is 24.5 Å². The van der Waals surface area contributed by atoms with E-state index in [0.29, 0.717) is 5.75 Å². The van der Waals surface area contributed by atoms with Crippen molar-refractivity contribution in [3.05, 3.63) is 29.8 Å². The zero-order valence-electron chi connectivity index (χ0n) is 10.3. The van der Waals surface area contributed by atoms with E-state index < -0.39 is 11.9 Å². The van der Waals surface area contributed by atoms with E-state index in [0.717, 1.165) is 5.56 Å². The normalized spacial score (nSPS) is 9.39. The van der Waals surface area contributed by atoms with E-state index >= 15 is 0 Å². The molecular weight excluding hydrogens is 304 g/mol. The van der Waals surface area contributed by atoms with E-state index in [-0.39, 0.29) is 29.6 Å². The van der Waals surface area contributed by atoms with E-state index in [1.54, 1.807) is 12.1 Å². The average Bonchev–Trinajstić information content (AvgIpc) is 2.15. The molecule has 0 fully saturated rings. The molecular formula is C9H13NNaO4PS2. The molecule has 9 heteroatoms. The number of hydrogen-bond acceptors (Lipinski definition) is 4. The van der Waals surface area contributed by atoms with Gasteiger partial charge in [-0.05, 0) is 24.6 Å². The van der Waals surface area contributed by atoms with Gasteiger partial charge in [0.2, 0.25) is 0 Å². The maximum Gasteiger partial charge on any atom is 1.00 e. The maximum absolute atomic E-state index is 10.8. The van der Waals surface area contributed by atoms with Gasteiger partial charge in [0.05, 0.1) is 0 Å². The second kappa shape index (κ2) is 10.2. The summed E-state index contributed by atoms with van der Waals surface area (Å²) in [5.41, 5.74) is 1.07. The predicted octanol–water partition coefficient (Wildman–Crippen LogP) is -0.968. The number of thiol groups is 2. The molecule has 1 rings (SSSR count). The van der Waals surface area contributed by atoms with Crippen molar-refractivity contribution in [2.45, 2.75) is 6.92 Å². The Labute approximate surface area is 139 Å². The van der Waals surface area contributed by atoms with Gasteiger partial charge < -0.3 is 19.5 Å². The van der Waals surface area contributed by atoms with Gasteiger partial charge >= 0.3 is 35.7 Å². The quantitative estimate of drug-likeness (QED) is 0.354. The molecule has 5 nitrogen and oxygen atoms in total. The van der Waals surface area contributed by atoms with Crippen LogP contribution in [0.25, 0.3) is 0 Å². The number of aryl methyl sites for hydroxylation is 1. The van der Waals surface area contributed by atoms with E-state index in [1.165, 1.54) is 7.05 Å². The molecule has 0 spiro atoms. The molecule has 0 aromatic heterocycles. The summed E-state index contributed by atoms with van der Waals surface area (Å²) in [4.78, 5) is 20.1. The van der Waals surface area contributed by atoms with E-state index in [1.807, 2.05) is 19.1 Å². The van der Waals surface area contributed by atoms with Crippen molar-refractivity contribution in [2.75, 3.05) is 7.05 Å². The van der Waals surface area contributed by atoms with Crippen LogP contribution in [0.3, 0.4) is 0 Å². The molecule has 1 N–H and O–H groups in total. The fourth-order valence-electron chi connectivity index (χ4n) is 0.837. The summed E-state index contributed by atoms with van der Waals surface area (Å²) >= 11 is 5.97. The molecule has 96 valence electrons. The summed E-state index contributed by atoms with van der Waals surface area (Å²) in [6.45, 7) is 1.94. The van der Waals surface area contributed by atoms with Gasteiger partial charge in [-0.1, -0.05) is 12.1 Å². The Morgan fingerprint density at radius 2 is 1.94 bits per heavy atom. The van der Waals surface area contributed by atoms with Crippen molar-refractivity contribution >= 4 is 36.4 Å². The summed E-state index contributed by atoms with van der Waals surface area (Å²) in [6.07, 6.45) is -0.444. The van der Waals surface area contributed by atoms with Crippen molar-refractivity contribution < 1.29 is 48.5 Å². The van der Waals surface area contributed by atoms with Crippen LogP contribution in [0.1, 0.15) is 5.56 Å². The number of nitrogens with one attached hydrogen (secondary N) is 1. The molecule has 0 aliphatic rings. The Morgan fingerprint density at radius 3 is 2.33 bits per heavy atom. The standard InChI is InChI=1S/C9H11NO2.Na.H3O2PS2/c1-7-4-3-5-8(6-7)12-9(11)10-2;;1-3(2,4)5/h3-6H,1-2H3,(H,10,11);;(H3,1,2,4,5)/q;+1;/p-1. The molecule has 0 heterocycles. The summed E-state index contributed by atoms with van der Waals surface area (Å²) in [7, 11) is 1.53. The number of benzene rings is 1. The van der Waals surface area contributed by atoms with Crippen LogP contribution in [0, 0.1) is 6.92 Å². The molecule has 0 radical (unpaired) electrons. The summed E-state index contributed by atoms with van der Waals surface area (Å²) in [5, 5.41) is 2.37. The molecule has 1 aromatic rings. The minimum Gasteiger partial charge on any atom is -0.784 e. The number of rotatable bonds is 1. The largest absolute Gasteiger partial charge is 1.00 e. The monoisotopic (exact) mass is 317 g/mol. The van der Waals surface area contributed by atoms with E-state index in [4.69, 9.17) is 4.74 Å². The van der Waals surface area contributed by atoms with Crippen molar-refractivity contribution in [3.63, 3.8) is 0 Å². The molecule has 0 saturated heterocycles. The first kappa shape index (κ1) is 20.7. The van der Waals surface area contributed by atoms with Crippen LogP contribution in [-0.4, -0.2) is 13.1 Å². The zero-order chi connectivity index (χ0) is 13.5. The van der Waals surface area contributed by atoms with Crippen molar-refractivity contribution in [1.82, 2.24) is 5.32 Å². The summed E-state index contributed by atoms with van der Waals surface area (Å²) in [5.74, 6) is -2.94. The first-order valence-corrected chi connectivity index (χ1v) is 8.38. The average molecular weight is 317 g/mol. The summed E-state index contributed by atoms with van der Waals surface area (Å²) in [6, 6.07) is 7.32. The molecule has 0 aliphatic carbocycles. The van der Waals surface area contributed by atoms with Gasteiger partial charge in [-0.3, -0.25) is 0 Å². The summed E-state index contributed by atoms with van der Waals surface area (Å²) < 4.78 is 14.3. The van der Waals surface area contributed by atoms with Gasteiger partial charge in [0.1, 0.15) is 11.5 Å². The number of amides is 1.